The van der Waals surface area contributed by atoms with Crippen molar-refractivity contribution in [2.75, 3.05) is 12.8 Å². The van der Waals surface area contributed by atoms with E-state index < -0.39 is 16.7 Å². The summed E-state index contributed by atoms with van der Waals surface area (Å²) in [7, 11) is 0.124. The number of nitrogen functional groups attached to an aromatic ring is 1. The van der Waals surface area contributed by atoms with Crippen LogP contribution in [-0.4, -0.2) is 17.2 Å². The highest BCUT2D eigenvalue weighted by Crippen LogP contribution is 2.26. The van der Waals surface area contributed by atoms with Gasteiger partial charge in [0.15, 0.2) is 0 Å². The van der Waals surface area contributed by atoms with E-state index in [2.05, 4.69) is 0 Å². The first kappa shape index (κ1) is 15.1. The lowest BCUT2D eigenvalue weighted by molar-refractivity contribution is 0.0999. The fraction of sp³-hybridized carbons (Fsp3) is 0.133. The number of rotatable bonds is 5. The van der Waals surface area contributed by atoms with Crippen molar-refractivity contribution in [1.29, 1.82) is 0 Å². The second kappa shape index (κ2) is 6.41. The molecule has 0 radical (unpaired) electrons. The summed E-state index contributed by atoms with van der Waals surface area (Å²) in [5.41, 5.74) is 12.6. The highest BCUT2D eigenvalue weighted by atomic mass is 32.2. The SMILES string of the molecule is COc1cc(N)ccc1S(=O)Cc1ccccc1C(N)=O. The third-order valence-electron chi connectivity index (χ3n) is 3.00. The third kappa shape index (κ3) is 3.41. The molecule has 1 atom stereocenters. The Bertz CT molecular complexity index is 701. The molecule has 1 unspecified atom stereocenters. The van der Waals surface area contributed by atoms with E-state index >= 15 is 0 Å². The average Bonchev–Trinajstić information content (AvgIpc) is 2.47. The van der Waals surface area contributed by atoms with E-state index in [0.29, 0.717) is 27.5 Å². The van der Waals surface area contributed by atoms with E-state index in [9.17, 15) is 9.00 Å². The van der Waals surface area contributed by atoms with E-state index in [1.165, 1.54) is 7.11 Å². The van der Waals surface area contributed by atoms with E-state index in [0.717, 1.165) is 0 Å². The van der Waals surface area contributed by atoms with Gasteiger partial charge in [0.05, 0.1) is 28.6 Å². The molecule has 21 heavy (non-hydrogen) atoms. The van der Waals surface area contributed by atoms with Gasteiger partial charge in [-0.05, 0) is 23.8 Å². The highest BCUT2D eigenvalue weighted by Gasteiger charge is 2.15. The van der Waals surface area contributed by atoms with Gasteiger partial charge in [-0.1, -0.05) is 18.2 Å². The van der Waals surface area contributed by atoms with Crippen molar-refractivity contribution in [3.63, 3.8) is 0 Å². The Labute approximate surface area is 125 Å². The molecule has 0 fully saturated rings. The number of amides is 1. The van der Waals surface area contributed by atoms with Crippen LogP contribution in [0.15, 0.2) is 47.4 Å². The van der Waals surface area contributed by atoms with E-state index in [1.54, 1.807) is 42.5 Å². The van der Waals surface area contributed by atoms with Gasteiger partial charge in [-0.3, -0.25) is 9.00 Å². The van der Waals surface area contributed by atoms with Crippen LogP contribution in [0.1, 0.15) is 15.9 Å². The molecule has 2 aromatic carbocycles. The minimum atomic E-state index is -1.37. The number of hydrogen-bond donors (Lipinski definition) is 2. The van der Waals surface area contributed by atoms with Gasteiger partial charge >= 0.3 is 0 Å². The minimum Gasteiger partial charge on any atom is -0.495 e. The van der Waals surface area contributed by atoms with Gasteiger partial charge in [0, 0.05) is 17.3 Å². The zero-order valence-corrected chi connectivity index (χ0v) is 12.4. The minimum absolute atomic E-state index is 0.180. The van der Waals surface area contributed by atoms with Crippen LogP contribution >= 0.6 is 0 Å². The number of primary amides is 1. The van der Waals surface area contributed by atoms with Crippen molar-refractivity contribution in [1.82, 2.24) is 0 Å². The molecule has 4 N–H and O–H groups in total. The van der Waals surface area contributed by atoms with Gasteiger partial charge in [0.2, 0.25) is 5.91 Å². The van der Waals surface area contributed by atoms with Gasteiger partial charge in [-0.25, -0.2) is 0 Å². The first-order chi connectivity index (χ1) is 10.0. The summed E-state index contributed by atoms with van der Waals surface area (Å²) in [4.78, 5) is 11.9. The summed E-state index contributed by atoms with van der Waals surface area (Å²) < 4.78 is 17.7. The van der Waals surface area contributed by atoms with E-state index in [4.69, 9.17) is 16.2 Å². The molecule has 0 heterocycles. The molecular formula is C15H16N2O3S. The van der Waals surface area contributed by atoms with E-state index in [1.807, 2.05) is 0 Å². The molecule has 0 aliphatic carbocycles. The summed E-state index contributed by atoms with van der Waals surface area (Å²) in [6.07, 6.45) is 0. The number of methoxy groups -OCH3 is 1. The van der Waals surface area contributed by atoms with Crippen molar-refractivity contribution in [3.8, 4) is 5.75 Å². The first-order valence-corrected chi connectivity index (χ1v) is 7.54. The fourth-order valence-corrected chi connectivity index (χ4v) is 3.25. The Hall–Kier alpha value is -2.34. The average molecular weight is 304 g/mol. The Kier molecular flexibility index (Phi) is 4.59. The Balaban J connectivity index is 2.33. The van der Waals surface area contributed by atoms with Crippen molar-refractivity contribution in [3.05, 3.63) is 53.6 Å². The monoisotopic (exact) mass is 304 g/mol. The molecule has 0 saturated heterocycles. The maximum Gasteiger partial charge on any atom is 0.249 e. The van der Waals surface area contributed by atoms with Gasteiger partial charge in [-0.15, -0.1) is 0 Å². The number of hydrogen-bond acceptors (Lipinski definition) is 4. The maximum absolute atomic E-state index is 12.5. The largest absolute Gasteiger partial charge is 0.495 e. The van der Waals surface area contributed by atoms with Crippen LogP contribution in [0.2, 0.25) is 0 Å². The van der Waals surface area contributed by atoms with E-state index in [-0.39, 0.29) is 5.75 Å². The Morgan fingerprint density at radius 3 is 2.62 bits per heavy atom. The van der Waals surface area contributed by atoms with Crippen molar-refractivity contribution < 1.29 is 13.7 Å². The quantitative estimate of drug-likeness (QED) is 0.822. The summed E-state index contributed by atoms with van der Waals surface area (Å²) in [5, 5.41) is 0. The molecule has 0 aliphatic rings. The molecule has 110 valence electrons. The number of benzene rings is 2. The lowest BCUT2D eigenvalue weighted by Gasteiger charge is -2.10. The molecule has 2 rings (SSSR count). The van der Waals surface area contributed by atoms with Gasteiger partial charge in [0.25, 0.3) is 0 Å². The summed E-state index contributed by atoms with van der Waals surface area (Å²) in [6.45, 7) is 0. The maximum atomic E-state index is 12.5. The molecule has 2 aromatic rings. The topological polar surface area (TPSA) is 95.4 Å². The number of carbonyl (C=O) groups is 1. The molecule has 0 aromatic heterocycles. The van der Waals surface area contributed by atoms with Crippen molar-refractivity contribution in [2.24, 2.45) is 5.73 Å². The zero-order chi connectivity index (χ0) is 15.4. The number of nitrogens with two attached hydrogens (primary N) is 2. The lowest BCUT2D eigenvalue weighted by atomic mass is 10.1. The smallest absolute Gasteiger partial charge is 0.249 e. The van der Waals surface area contributed by atoms with Crippen molar-refractivity contribution in [2.45, 2.75) is 10.6 Å². The van der Waals surface area contributed by atoms with Crippen LogP contribution in [0.3, 0.4) is 0 Å². The molecule has 1 amide bonds. The van der Waals surface area contributed by atoms with Crippen LogP contribution in [0.4, 0.5) is 5.69 Å². The van der Waals surface area contributed by atoms with Gasteiger partial charge < -0.3 is 16.2 Å². The number of ether oxygens (including phenoxy) is 1. The van der Waals surface area contributed by atoms with Crippen LogP contribution in [-0.2, 0) is 16.6 Å². The highest BCUT2D eigenvalue weighted by molar-refractivity contribution is 7.84. The predicted octanol–water partition coefficient (Wildman–Crippen LogP) is 1.68. The molecular weight excluding hydrogens is 288 g/mol. The Morgan fingerprint density at radius 1 is 1.24 bits per heavy atom. The van der Waals surface area contributed by atoms with Crippen LogP contribution in [0, 0.1) is 0 Å². The first-order valence-electron chi connectivity index (χ1n) is 6.22. The van der Waals surface area contributed by atoms with Crippen molar-refractivity contribution >= 4 is 22.4 Å². The Morgan fingerprint density at radius 2 is 1.95 bits per heavy atom. The van der Waals surface area contributed by atoms with Gasteiger partial charge in [0.1, 0.15) is 5.75 Å². The normalized spacial score (nSPS) is 11.9. The molecule has 5 nitrogen and oxygen atoms in total. The summed E-state index contributed by atoms with van der Waals surface area (Å²) in [5.74, 6) is 0.108. The molecule has 0 aliphatic heterocycles. The third-order valence-corrected chi connectivity index (χ3v) is 4.40. The fourth-order valence-electron chi connectivity index (χ4n) is 1.98. The number of anilines is 1. The predicted molar refractivity (Wildman–Crippen MR) is 82.5 cm³/mol. The lowest BCUT2D eigenvalue weighted by Crippen LogP contribution is -2.14. The van der Waals surface area contributed by atoms with Crippen LogP contribution in [0.25, 0.3) is 0 Å². The molecule has 6 heteroatoms. The molecule has 0 saturated carbocycles. The zero-order valence-electron chi connectivity index (χ0n) is 11.5. The second-order valence-electron chi connectivity index (χ2n) is 4.42. The molecule has 0 spiro atoms. The van der Waals surface area contributed by atoms with Crippen LogP contribution < -0.4 is 16.2 Å². The number of carbonyl (C=O) groups excluding carboxylic acids is 1. The second-order valence-corrected chi connectivity index (χ2v) is 5.84. The van der Waals surface area contributed by atoms with Crippen LogP contribution in [0.5, 0.6) is 5.75 Å². The molecule has 0 bridgehead atoms. The van der Waals surface area contributed by atoms with Gasteiger partial charge in [-0.2, -0.15) is 0 Å². The summed E-state index contributed by atoms with van der Waals surface area (Å²) in [6, 6.07) is 11.8. The standard InChI is InChI=1S/C15H16N2O3S/c1-20-13-8-11(16)6-7-14(13)21(19)9-10-4-2-3-5-12(10)15(17)18/h2-8H,9,16H2,1H3,(H2,17,18). The summed E-state index contributed by atoms with van der Waals surface area (Å²) >= 11 is 0.